The SMILES string of the molecule is CN=C(NCCOC1CCCCCC1)NCc1ccccc1S(=O)(=O)NC(C)(C)C.I. The number of ether oxygens (including phenoxy) is 1. The second-order valence-electron chi connectivity index (χ2n) is 8.80. The third-order valence-corrected chi connectivity index (χ3v) is 6.78. The van der Waals surface area contributed by atoms with Crippen LogP contribution in [0.25, 0.3) is 0 Å². The van der Waals surface area contributed by atoms with Crippen LogP contribution in [0, 0.1) is 0 Å². The number of hydrogen-bond acceptors (Lipinski definition) is 4. The molecule has 1 aromatic rings. The average molecular weight is 567 g/mol. The predicted octanol–water partition coefficient (Wildman–Crippen LogP) is 3.79. The molecule has 178 valence electrons. The van der Waals surface area contributed by atoms with Crippen molar-refractivity contribution in [2.75, 3.05) is 20.2 Å². The molecule has 1 aliphatic carbocycles. The zero-order chi connectivity index (χ0) is 22.0. The minimum absolute atomic E-state index is 0. The van der Waals surface area contributed by atoms with Crippen LogP contribution in [0.4, 0.5) is 0 Å². The number of halogens is 1. The normalized spacial score (nSPS) is 16.3. The second kappa shape index (κ2) is 13.6. The first kappa shape index (κ1) is 28.1. The maximum Gasteiger partial charge on any atom is 0.241 e. The van der Waals surface area contributed by atoms with Gasteiger partial charge in [0.25, 0.3) is 0 Å². The zero-order valence-corrected chi connectivity index (χ0v) is 22.4. The van der Waals surface area contributed by atoms with Crippen LogP contribution in [0.5, 0.6) is 0 Å². The fourth-order valence-electron chi connectivity index (χ4n) is 3.57. The summed E-state index contributed by atoms with van der Waals surface area (Å²) in [6.45, 7) is 7.12. The molecule has 31 heavy (non-hydrogen) atoms. The summed E-state index contributed by atoms with van der Waals surface area (Å²) >= 11 is 0. The van der Waals surface area contributed by atoms with Crippen molar-refractivity contribution in [3.63, 3.8) is 0 Å². The number of benzene rings is 1. The molecule has 1 saturated carbocycles. The lowest BCUT2D eigenvalue weighted by Crippen LogP contribution is -2.41. The van der Waals surface area contributed by atoms with Crippen molar-refractivity contribution in [1.29, 1.82) is 0 Å². The monoisotopic (exact) mass is 566 g/mol. The average Bonchev–Trinajstić information content (AvgIpc) is 2.94. The summed E-state index contributed by atoms with van der Waals surface area (Å²) in [5, 5.41) is 6.44. The van der Waals surface area contributed by atoms with Gasteiger partial charge >= 0.3 is 0 Å². The molecule has 0 amide bonds. The third kappa shape index (κ3) is 10.5. The van der Waals surface area contributed by atoms with E-state index in [-0.39, 0.29) is 28.9 Å². The van der Waals surface area contributed by atoms with Gasteiger partial charge in [-0.3, -0.25) is 4.99 Å². The van der Waals surface area contributed by atoms with E-state index in [1.54, 1.807) is 19.2 Å². The van der Waals surface area contributed by atoms with Crippen molar-refractivity contribution in [3.05, 3.63) is 29.8 Å². The molecule has 1 fully saturated rings. The van der Waals surface area contributed by atoms with E-state index >= 15 is 0 Å². The number of sulfonamides is 1. The van der Waals surface area contributed by atoms with Gasteiger partial charge in [0.2, 0.25) is 10.0 Å². The molecule has 3 N–H and O–H groups in total. The van der Waals surface area contributed by atoms with Crippen LogP contribution < -0.4 is 15.4 Å². The Hall–Kier alpha value is -0.910. The number of guanidine groups is 1. The van der Waals surface area contributed by atoms with Gasteiger partial charge in [-0.2, -0.15) is 0 Å². The number of rotatable bonds is 8. The van der Waals surface area contributed by atoms with Crippen LogP contribution in [0.2, 0.25) is 0 Å². The smallest absolute Gasteiger partial charge is 0.241 e. The summed E-state index contributed by atoms with van der Waals surface area (Å²) in [5.74, 6) is 0.621. The van der Waals surface area contributed by atoms with Crippen molar-refractivity contribution >= 4 is 40.0 Å². The highest BCUT2D eigenvalue weighted by Gasteiger charge is 2.24. The lowest BCUT2D eigenvalue weighted by atomic mass is 10.1. The Labute approximate surface area is 205 Å². The van der Waals surface area contributed by atoms with Crippen LogP contribution in [-0.4, -0.2) is 46.2 Å². The van der Waals surface area contributed by atoms with Gasteiger partial charge in [0, 0.05) is 25.7 Å². The van der Waals surface area contributed by atoms with Gasteiger partial charge in [0.15, 0.2) is 5.96 Å². The molecule has 1 aliphatic rings. The summed E-state index contributed by atoms with van der Waals surface area (Å²) in [6.07, 6.45) is 7.83. The van der Waals surface area contributed by atoms with E-state index in [0.717, 1.165) is 12.8 Å². The van der Waals surface area contributed by atoms with E-state index in [4.69, 9.17) is 4.74 Å². The van der Waals surface area contributed by atoms with Gasteiger partial charge < -0.3 is 15.4 Å². The number of aliphatic imine (C=N–C) groups is 1. The van der Waals surface area contributed by atoms with Gasteiger partial charge in [-0.25, -0.2) is 13.1 Å². The minimum atomic E-state index is -3.61. The Kier molecular flexibility index (Phi) is 12.3. The number of nitrogens with zero attached hydrogens (tertiary/aromatic N) is 1. The predicted molar refractivity (Wildman–Crippen MR) is 138 cm³/mol. The molecular formula is C22H39IN4O3S. The Morgan fingerprint density at radius 2 is 1.74 bits per heavy atom. The van der Waals surface area contributed by atoms with Crippen LogP contribution in [-0.2, 0) is 21.3 Å². The van der Waals surface area contributed by atoms with E-state index in [1.807, 2.05) is 32.9 Å². The van der Waals surface area contributed by atoms with Crippen molar-refractivity contribution in [2.24, 2.45) is 4.99 Å². The Bertz CT molecular complexity index is 786. The largest absolute Gasteiger partial charge is 0.376 e. The second-order valence-corrected chi connectivity index (χ2v) is 10.5. The zero-order valence-electron chi connectivity index (χ0n) is 19.2. The van der Waals surface area contributed by atoms with Gasteiger partial charge in [-0.15, -0.1) is 24.0 Å². The summed E-state index contributed by atoms with van der Waals surface area (Å²) in [7, 11) is -1.91. The van der Waals surface area contributed by atoms with E-state index in [0.29, 0.717) is 37.3 Å². The van der Waals surface area contributed by atoms with E-state index in [9.17, 15) is 8.42 Å². The highest BCUT2D eigenvalue weighted by Crippen LogP contribution is 2.20. The summed E-state index contributed by atoms with van der Waals surface area (Å²) in [4.78, 5) is 4.50. The quantitative estimate of drug-likeness (QED) is 0.147. The van der Waals surface area contributed by atoms with Crippen LogP contribution in [0.1, 0.15) is 64.9 Å². The molecule has 7 nitrogen and oxygen atoms in total. The maximum atomic E-state index is 12.8. The highest BCUT2D eigenvalue weighted by atomic mass is 127. The first-order valence-electron chi connectivity index (χ1n) is 10.9. The minimum Gasteiger partial charge on any atom is -0.376 e. The van der Waals surface area contributed by atoms with Crippen molar-refractivity contribution in [1.82, 2.24) is 15.4 Å². The van der Waals surface area contributed by atoms with Crippen molar-refractivity contribution in [2.45, 2.75) is 82.4 Å². The fourth-order valence-corrected chi connectivity index (χ4v) is 5.23. The molecule has 0 aliphatic heterocycles. The molecule has 0 radical (unpaired) electrons. The summed E-state index contributed by atoms with van der Waals surface area (Å²) in [5.41, 5.74) is 0.140. The van der Waals surface area contributed by atoms with E-state index < -0.39 is 15.6 Å². The van der Waals surface area contributed by atoms with Gasteiger partial charge in [0.1, 0.15) is 0 Å². The first-order valence-corrected chi connectivity index (χ1v) is 12.4. The molecule has 1 aromatic carbocycles. The number of hydrogen-bond donors (Lipinski definition) is 3. The lowest BCUT2D eigenvalue weighted by Gasteiger charge is -2.22. The van der Waals surface area contributed by atoms with Crippen molar-refractivity contribution < 1.29 is 13.2 Å². The summed E-state index contributed by atoms with van der Waals surface area (Å²) in [6, 6.07) is 7.01. The molecule has 0 unspecified atom stereocenters. The first-order chi connectivity index (χ1) is 14.2. The molecule has 0 bridgehead atoms. The number of nitrogens with one attached hydrogen (secondary N) is 3. The van der Waals surface area contributed by atoms with E-state index in [1.165, 1.54) is 25.7 Å². The molecule has 0 heterocycles. The Morgan fingerprint density at radius 1 is 1.10 bits per heavy atom. The fraction of sp³-hybridized carbons (Fsp3) is 0.682. The van der Waals surface area contributed by atoms with Crippen LogP contribution in [0.15, 0.2) is 34.2 Å². The molecule has 0 aromatic heterocycles. The Balaban J connectivity index is 0.00000480. The molecule has 9 heteroatoms. The van der Waals surface area contributed by atoms with E-state index in [2.05, 4.69) is 20.3 Å². The molecule has 0 saturated heterocycles. The van der Waals surface area contributed by atoms with Gasteiger partial charge in [0.05, 0.1) is 17.6 Å². The van der Waals surface area contributed by atoms with Gasteiger partial charge in [-0.05, 0) is 45.2 Å². The van der Waals surface area contributed by atoms with Gasteiger partial charge in [-0.1, -0.05) is 43.9 Å². The maximum absolute atomic E-state index is 12.8. The molecule has 2 rings (SSSR count). The highest BCUT2D eigenvalue weighted by molar-refractivity contribution is 14.0. The van der Waals surface area contributed by atoms with Crippen LogP contribution >= 0.6 is 24.0 Å². The standard InChI is InChI=1S/C22H38N4O3S.HI/c1-22(2,3)26-30(27,28)20-14-10-9-11-18(20)17-25-21(23-4)24-15-16-29-19-12-7-5-6-8-13-19;/h9-11,14,19,26H,5-8,12-13,15-17H2,1-4H3,(H2,23,24,25);1H. The Morgan fingerprint density at radius 3 is 2.35 bits per heavy atom. The van der Waals surface area contributed by atoms with Crippen molar-refractivity contribution in [3.8, 4) is 0 Å². The topological polar surface area (TPSA) is 91.8 Å². The molecular weight excluding hydrogens is 527 g/mol. The summed E-state index contributed by atoms with van der Waals surface area (Å²) < 4.78 is 34.2. The molecule has 0 spiro atoms. The lowest BCUT2D eigenvalue weighted by molar-refractivity contribution is 0.0468. The molecule has 0 atom stereocenters. The van der Waals surface area contributed by atoms with Crippen LogP contribution in [0.3, 0.4) is 0 Å². The third-order valence-electron chi connectivity index (χ3n) is 4.92.